The normalized spacial score (nSPS) is 20.3. The predicted molar refractivity (Wildman–Crippen MR) is 111 cm³/mol. The number of likely N-dealkylation sites (tertiary alicyclic amines) is 1. The molecule has 2 N–H and O–H groups in total. The molecule has 1 aromatic rings. The van der Waals surface area contributed by atoms with Crippen LogP contribution >= 0.6 is 0 Å². The summed E-state index contributed by atoms with van der Waals surface area (Å²) in [6.07, 6.45) is 6.30. The summed E-state index contributed by atoms with van der Waals surface area (Å²) in [5.41, 5.74) is 0. The number of unbranched alkanes of at least 4 members (excludes halogenated alkanes) is 1. The Balaban J connectivity index is 1.28. The van der Waals surface area contributed by atoms with Crippen LogP contribution in [0.1, 0.15) is 44.4 Å². The van der Waals surface area contributed by atoms with E-state index in [1.807, 2.05) is 12.1 Å². The van der Waals surface area contributed by atoms with E-state index in [-0.39, 0.29) is 12.1 Å². The smallest absolute Gasteiger partial charge is 0.314 e. The lowest BCUT2D eigenvalue weighted by Gasteiger charge is -2.33. The summed E-state index contributed by atoms with van der Waals surface area (Å²) in [6, 6.07) is 3.97. The molecule has 0 spiro atoms. The number of piperazine rings is 1. The van der Waals surface area contributed by atoms with E-state index in [4.69, 9.17) is 4.42 Å². The topological polar surface area (TPSA) is 64.0 Å². The fourth-order valence-electron chi connectivity index (χ4n) is 4.19. The number of nitrogens with one attached hydrogen (secondary N) is 2. The lowest BCUT2D eigenvalue weighted by molar-refractivity contribution is 0.135. The van der Waals surface area contributed by atoms with Crippen molar-refractivity contribution in [1.82, 2.24) is 25.3 Å². The third kappa shape index (κ3) is 6.50. The average Bonchev–Trinajstić information content (AvgIpc) is 3.43. The third-order valence-electron chi connectivity index (χ3n) is 6.01. The molecule has 0 aromatic carbocycles. The zero-order valence-electron chi connectivity index (χ0n) is 17.4. The van der Waals surface area contributed by atoms with Crippen molar-refractivity contribution in [2.24, 2.45) is 0 Å². The molecule has 2 amide bonds. The monoisotopic (exact) mass is 391 g/mol. The molecule has 1 unspecified atom stereocenters. The summed E-state index contributed by atoms with van der Waals surface area (Å²) >= 11 is 0. The zero-order chi connectivity index (χ0) is 19.6. The molecule has 7 nitrogen and oxygen atoms in total. The Morgan fingerprint density at radius 2 is 1.82 bits per heavy atom. The van der Waals surface area contributed by atoms with Crippen molar-refractivity contribution in [2.75, 3.05) is 65.4 Å². The van der Waals surface area contributed by atoms with Crippen LogP contribution in [0.2, 0.25) is 0 Å². The fourth-order valence-corrected chi connectivity index (χ4v) is 4.19. The highest BCUT2D eigenvalue weighted by Gasteiger charge is 2.25. The van der Waals surface area contributed by atoms with Gasteiger partial charge in [0.1, 0.15) is 5.76 Å². The van der Waals surface area contributed by atoms with Crippen molar-refractivity contribution in [3.05, 3.63) is 24.2 Å². The first kappa shape index (κ1) is 21.1. The van der Waals surface area contributed by atoms with Crippen LogP contribution in [0, 0.1) is 0 Å². The van der Waals surface area contributed by atoms with Crippen LogP contribution in [0.15, 0.2) is 22.8 Å². The van der Waals surface area contributed by atoms with Crippen molar-refractivity contribution in [3.8, 4) is 0 Å². The van der Waals surface area contributed by atoms with Gasteiger partial charge in [-0.2, -0.15) is 0 Å². The number of hydrogen-bond donors (Lipinski definition) is 2. The number of furan rings is 1. The van der Waals surface area contributed by atoms with Crippen molar-refractivity contribution < 1.29 is 9.21 Å². The van der Waals surface area contributed by atoms with Crippen LogP contribution in [0.25, 0.3) is 0 Å². The largest absolute Gasteiger partial charge is 0.468 e. The van der Waals surface area contributed by atoms with Gasteiger partial charge in [-0.3, -0.25) is 4.90 Å². The van der Waals surface area contributed by atoms with Crippen LogP contribution in [0.3, 0.4) is 0 Å². The molecule has 158 valence electrons. The Morgan fingerprint density at radius 1 is 1.07 bits per heavy atom. The maximum absolute atomic E-state index is 12.2. The third-order valence-corrected chi connectivity index (χ3v) is 6.01. The summed E-state index contributed by atoms with van der Waals surface area (Å²) in [7, 11) is 0. The molecule has 2 aliphatic heterocycles. The van der Waals surface area contributed by atoms with E-state index in [9.17, 15) is 4.79 Å². The van der Waals surface area contributed by atoms with E-state index in [1.54, 1.807) is 6.26 Å². The number of likely N-dealkylation sites (N-methyl/N-ethyl adjacent to an activating group) is 1. The lowest BCUT2D eigenvalue weighted by Crippen LogP contribution is -2.46. The van der Waals surface area contributed by atoms with Gasteiger partial charge in [-0.05, 0) is 64.0 Å². The van der Waals surface area contributed by atoms with Gasteiger partial charge in [0.2, 0.25) is 0 Å². The van der Waals surface area contributed by atoms with Crippen LogP contribution in [-0.4, -0.2) is 86.2 Å². The van der Waals surface area contributed by atoms with Crippen molar-refractivity contribution >= 4 is 6.03 Å². The van der Waals surface area contributed by atoms with Gasteiger partial charge in [0, 0.05) is 39.3 Å². The van der Waals surface area contributed by atoms with E-state index >= 15 is 0 Å². The van der Waals surface area contributed by atoms with Crippen LogP contribution in [0.5, 0.6) is 0 Å². The first-order valence-electron chi connectivity index (χ1n) is 11.0. The molecule has 28 heavy (non-hydrogen) atoms. The van der Waals surface area contributed by atoms with Gasteiger partial charge in [-0.1, -0.05) is 6.92 Å². The predicted octanol–water partition coefficient (Wildman–Crippen LogP) is 2.13. The maximum atomic E-state index is 12.2. The highest BCUT2D eigenvalue weighted by atomic mass is 16.3. The summed E-state index contributed by atoms with van der Waals surface area (Å²) in [5.74, 6) is 0.936. The standard InChI is InChI=1S/C21H37N5O2/c1-2-24-13-15-25(16-14-24)10-4-3-9-22-21(27)23-18-19(20-8-7-17-28-20)26-11-5-6-12-26/h7-8,17,19H,2-6,9-16,18H2,1H3,(H2,22,23,27). The van der Waals surface area contributed by atoms with Crippen LogP contribution < -0.4 is 10.6 Å². The summed E-state index contributed by atoms with van der Waals surface area (Å²) in [5, 5.41) is 6.03. The first-order chi connectivity index (χ1) is 13.8. The van der Waals surface area contributed by atoms with Crippen molar-refractivity contribution in [2.45, 2.75) is 38.6 Å². The second-order valence-corrected chi connectivity index (χ2v) is 7.89. The molecule has 2 saturated heterocycles. The van der Waals surface area contributed by atoms with Gasteiger partial charge in [-0.15, -0.1) is 0 Å². The van der Waals surface area contributed by atoms with E-state index in [1.165, 1.54) is 39.0 Å². The number of nitrogens with zero attached hydrogens (tertiary/aromatic N) is 3. The number of carbonyl (C=O) groups excluding carboxylic acids is 1. The molecule has 0 saturated carbocycles. The van der Waals surface area contributed by atoms with Crippen molar-refractivity contribution in [3.63, 3.8) is 0 Å². The second kappa shape index (κ2) is 11.4. The number of rotatable bonds is 10. The minimum absolute atomic E-state index is 0.0766. The quantitative estimate of drug-likeness (QED) is 0.598. The van der Waals surface area contributed by atoms with E-state index in [0.717, 1.165) is 51.3 Å². The van der Waals surface area contributed by atoms with Crippen LogP contribution in [0.4, 0.5) is 4.79 Å². The van der Waals surface area contributed by atoms with Gasteiger partial charge >= 0.3 is 6.03 Å². The summed E-state index contributed by atoms with van der Waals surface area (Å²) in [4.78, 5) is 19.6. The average molecular weight is 392 g/mol. The van der Waals surface area contributed by atoms with Gasteiger partial charge in [0.05, 0.1) is 12.3 Å². The summed E-state index contributed by atoms with van der Waals surface area (Å²) in [6.45, 7) is 12.7. The molecule has 2 fully saturated rings. The van der Waals surface area contributed by atoms with E-state index in [2.05, 4.69) is 32.3 Å². The molecule has 7 heteroatoms. The Labute approximate surface area is 169 Å². The zero-order valence-corrected chi connectivity index (χ0v) is 17.4. The summed E-state index contributed by atoms with van der Waals surface area (Å²) < 4.78 is 5.60. The molecule has 1 atom stereocenters. The molecule has 1 aromatic heterocycles. The van der Waals surface area contributed by atoms with Gasteiger partial charge < -0.3 is 24.9 Å². The highest BCUT2D eigenvalue weighted by molar-refractivity contribution is 5.73. The number of hydrogen-bond acceptors (Lipinski definition) is 5. The Hall–Kier alpha value is -1.57. The van der Waals surface area contributed by atoms with Gasteiger partial charge in [0.15, 0.2) is 0 Å². The van der Waals surface area contributed by atoms with Gasteiger partial charge in [-0.25, -0.2) is 4.79 Å². The van der Waals surface area contributed by atoms with Crippen molar-refractivity contribution in [1.29, 1.82) is 0 Å². The van der Waals surface area contributed by atoms with E-state index < -0.39 is 0 Å². The molecule has 0 radical (unpaired) electrons. The minimum atomic E-state index is -0.0766. The lowest BCUT2D eigenvalue weighted by atomic mass is 10.2. The Kier molecular flexibility index (Phi) is 8.64. The maximum Gasteiger partial charge on any atom is 0.314 e. The molecule has 0 bridgehead atoms. The van der Waals surface area contributed by atoms with Gasteiger partial charge in [0.25, 0.3) is 0 Å². The molecule has 3 heterocycles. The van der Waals surface area contributed by atoms with E-state index in [0.29, 0.717) is 6.54 Å². The number of urea groups is 1. The molecular formula is C21H37N5O2. The minimum Gasteiger partial charge on any atom is -0.468 e. The number of carbonyl (C=O) groups is 1. The number of amides is 2. The molecule has 3 rings (SSSR count). The molecular weight excluding hydrogens is 354 g/mol. The molecule has 0 aliphatic carbocycles. The first-order valence-corrected chi connectivity index (χ1v) is 11.0. The fraction of sp³-hybridized carbons (Fsp3) is 0.762. The second-order valence-electron chi connectivity index (χ2n) is 7.89. The highest BCUT2D eigenvalue weighted by Crippen LogP contribution is 2.24. The van der Waals surface area contributed by atoms with Crippen LogP contribution in [-0.2, 0) is 0 Å². The Morgan fingerprint density at radius 3 is 2.50 bits per heavy atom. The Bertz CT molecular complexity index is 551. The molecule has 2 aliphatic rings. The SMILES string of the molecule is CCN1CCN(CCCCNC(=O)NCC(c2ccco2)N2CCCC2)CC1.